The van der Waals surface area contributed by atoms with Crippen molar-refractivity contribution in [1.82, 2.24) is 9.88 Å². The number of amides is 1. The first kappa shape index (κ1) is 15.5. The summed E-state index contributed by atoms with van der Waals surface area (Å²) in [7, 11) is 0. The molecule has 6 heteroatoms. The Balaban J connectivity index is 1.87. The first-order valence-corrected chi connectivity index (χ1v) is 7.74. The van der Waals surface area contributed by atoms with Crippen molar-refractivity contribution in [2.24, 2.45) is 0 Å². The number of pyridine rings is 1. The summed E-state index contributed by atoms with van der Waals surface area (Å²) in [6, 6.07) is 1.57. The summed E-state index contributed by atoms with van der Waals surface area (Å²) < 4.78 is 0. The molecule has 0 unspecified atom stereocenters. The standard InChI is InChI=1S/C14H19Cl2N3O/c15-11-8-12(16)14(17-9-11)18-13(20)10-19-6-4-2-1-3-5-7-19/h8-9H,1-7,10H2,(H,17,18,20). The van der Waals surface area contributed by atoms with Crippen LogP contribution in [0.3, 0.4) is 0 Å². The molecule has 1 aromatic rings. The van der Waals surface area contributed by atoms with Crippen molar-refractivity contribution in [2.45, 2.75) is 32.1 Å². The van der Waals surface area contributed by atoms with Crippen molar-refractivity contribution >= 4 is 34.9 Å². The van der Waals surface area contributed by atoms with Crippen molar-refractivity contribution in [3.05, 3.63) is 22.3 Å². The van der Waals surface area contributed by atoms with Crippen LogP contribution < -0.4 is 5.32 Å². The van der Waals surface area contributed by atoms with Crippen LogP contribution in [0.4, 0.5) is 5.82 Å². The van der Waals surface area contributed by atoms with Crippen molar-refractivity contribution < 1.29 is 4.79 Å². The number of nitrogens with one attached hydrogen (secondary N) is 1. The first-order valence-electron chi connectivity index (χ1n) is 6.98. The van der Waals surface area contributed by atoms with Gasteiger partial charge in [0.15, 0.2) is 5.82 Å². The maximum atomic E-state index is 12.0. The van der Waals surface area contributed by atoms with E-state index in [-0.39, 0.29) is 5.91 Å². The molecule has 1 N–H and O–H groups in total. The number of anilines is 1. The largest absolute Gasteiger partial charge is 0.308 e. The van der Waals surface area contributed by atoms with E-state index in [1.807, 2.05) is 0 Å². The minimum Gasteiger partial charge on any atom is -0.308 e. The van der Waals surface area contributed by atoms with E-state index in [1.54, 1.807) is 6.07 Å². The smallest absolute Gasteiger partial charge is 0.239 e. The van der Waals surface area contributed by atoms with Gasteiger partial charge in [0, 0.05) is 6.20 Å². The maximum absolute atomic E-state index is 12.0. The zero-order valence-corrected chi connectivity index (χ0v) is 12.9. The third-order valence-electron chi connectivity index (χ3n) is 3.38. The molecule has 1 aliphatic rings. The lowest BCUT2D eigenvalue weighted by Crippen LogP contribution is -2.35. The van der Waals surface area contributed by atoms with E-state index in [0.29, 0.717) is 22.4 Å². The molecule has 4 nitrogen and oxygen atoms in total. The summed E-state index contributed by atoms with van der Waals surface area (Å²) in [6.45, 7) is 2.35. The van der Waals surface area contributed by atoms with Crippen LogP contribution in [0.5, 0.6) is 0 Å². The number of carbonyl (C=O) groups excluding carboxylic acids is 1. The molecule has 0 bridgehead atoms. The molecule has 1 saturated heterocycles. The van der Waals surface area contributed by atoms with Gasteiger partial charge < -0.3 is 5.32 Å². The Kier molecular flexibility index (Phi) is 6.07. The minimum absolute atomic E-state index is 0.0812. The van der Waals surface area contributed by atoms with Gasteiger partial charge >= 0.3 is 0 Å². The highest BCUT2D eigenvalue weighted by Gasteiger charge is 2.14. The van der Waals surface area contributed by atoms with Gasteiger partial charge in [-0.25, -0.2) is 4.98 Å². The SMILES string of the molecule is O=C(CN1CCCCCCC1)Nc1ncc(Cl)cc1Cl. The average Bonchev–Trinajstić information content (AvgIpc) is 2.36. The van der Waals surface area contributed by atoms with E-state index in [2.05, 4.69) is 15.2 Å². The fraction of sp³-hybridized carbons (Fsp3) is 0.571. The number of aromatic nitrogens is 1. The molecule has 0 spiro atoms. The fourth-order valence-electron chi connectivity index (χ4n) is 2.35. The fourth-order valence-corrected chi connectivity index (χ4v) is 2.78. The minimum atomic E-state index is -0.0812. The molecule has 1 aromatic heterocycles. The molecule has 1 amide bonds. The lowest BCUT2D eigenvalue weighted by atomic mass is 10.1. The number of hydrogen-bond acceptors (Lipinski definition) is 3. The molecule has 0 atom stereocenters. The average molecular weight is 316 g/mol. The molecule has 20 heavy (non-hydrogen) atoms. The molecule has 2 rings (SSSR count). The number of hydrogen-bond donors (Lipinski definition) is 1. The van der Waals surface area contributed by atoms with Crippen LogP contribution in [-0.2, 0) is 4.79 Å². The number of rotatable bonds is 3. The van der Waals surface area contributed by atoms with Gasteiger partial charge in [-0.05, 0) is 32.0 Å². The van der Waals surface area contributed by atoms with Crippen molar-refractivity contribution in [3.63, 3.8) is 0 Å². The van der Waals surface area contributed by atoms with Gasteiger partial charge in [-0.1, -0.05) is 42.5 Å². The van der Waals surface area contributed by atoms with Crippen LogP contribution in [0.2, 0.25) is 10.0 Å². The van der Waals surface area contributed by atoms with Gasteiger partial charge in [-0.15, -0.1) is 0 Å². The third kappa shape index (κ3) is 4.93. The molecule has 0 saturated carbocycles. The second kappa shape index (κ2) is 7.81. The van der Waals surface area contributed by atoms with E-state index in [9.17, 15) is 4.79 Å². The molecular formula is C14H19Cl2N3O. The van der Waals surface area contributed by atoms with Crippen LogP contribution in [0.1, 0.15) is 32.1 Å². The Hall–Kier alpha value is -0.840. The monoisotopic (exact) mass is 315 g/mol. The summed E-state index contributed by atoms with van der Waals surface area (Å²) in [6.07, 6.45) is 7.61. The lowest BCUT2D eigenvalue weighted by Gasteiger charge is -2.23. The van der Waals surface area contributed by atoms with Gasteiger partial charge in [-0.3, -0.25) is 9.69 Å². The van der Waals surface area contributed by atoms with Gasteiger partial charge in [0.25, 0.3) is 0 Å². The van der Waals surface area contributed by atoms with Crippen LogP contribution in [-0.4, -0.2) is 35.4 Å². The molecule has 0 radical (unpaired) electrons. The first-order chi connectivity index (χ1) is 9.65. The zero-order chi connectivity index (χ0) is 14.4. The Bertz CT molecular complexity index is 460. The highest BCUT2D eigenvalue weighted by atomic mass is 35.5. The number of likely N-dealkylation sites (tertiary alicyclic amines) is 1. The number of nitrogens with zero attached hydrogens (tertiary/aromatic N) is 2. The quantitative estimate of drug-likeness (QED) is 0.927. The van der Waals surface area contributed by atoms with Crippen LogP contribution in [0.15, 0.2) is 12.3 Å². The second-order valence-corrected chi connectivity index (χ2v) is 5.92. The second-order valence-electron chi connectivity index (χ2n) is 5.08. The van der Waals surface area contributed by atoms with Crippen LogP contribution in [0.25, 0.3) is 0 Å². The van der Waals surface area contributed by atoms with Gasteiger partial charge in [0.1, 0.15) is 0 Å². The van der Waals surface area contributed by atoms with E-state index in [4.69, 9.17) is 23.2 Å². The molecule has 2 heterocycles. The van der Waals surface area contributed by atoms with E-state index in [0.717, 1.165) is 25.9 Å². The Morgan fingerprint density at radius 2 is 1.85 bits per heavy atom. The number of halogens is 2. The lowest BCUT2D eigenvalue weighted by molar-refractivity contribution is -0.117. The summed E-state index contributed by atoms with van der Waals surface area (Å²) in [4.78, 5) is 18.3. The Labute approximate surface area is 129 Å². The normalized spacial score (nSPS) is 17.3. The maximum Gasteiger partial charge on any atom is 0.239 e. The number of carbonyl (C=O) groups is 1. The molecule has 1 aliphatic heterocycles. The van der Waals surface area contributed by atoms with Gasteiger partial charge in [-0.2, -0.15) is 0 Å². The molecule has 110 valence electrons. The summed E-state index contributed by atoms with van der Waals surface area (Å²) in [5.41, 5.74) is 0. The molecular weight excluding hydrogens is 297 g/mol. The third-order valence-corrected chi connectivity index (χ3v) is 3.88. The Morgan fingerprint density at radius 3 is 2.50 bits per heavy atom. The van der Waals surface area contributed by atoms with E-state index < -0.39 is 0 Å². The van der Waals surface area contributed by atoms with Crippen molar-refractivity contribution in [2.75, 3.05) is 25.0 Å². The van der Waals surface area contributed by atoms with Crippen molar-refractivity contribution in [3.8, 4) is 0 Å². The van der Waals surface area contributed by atoms with E-state index >= 15 is 0 Å². The molecule has 0 aromatic carbocycles. The zero-order valence-electron chi connectivity index (χ0n) is 11.4. The highest BCUT2D eigenvalue weighted by Crippen LogP contribution is 2.22. The van der Waals surface area contributed by atoms with Gasteiger partial charge in [0.05, 0.1) is 16.6 Å². The topological polar surface area (TPSA) is 45.2 Å². The van der Waals surface area contributed by atoms with Crippen LogP contribution >= 0.6 is 23.2 Å². The summed E-state index contributed by atoms with van der Waals surface area (Å²) in [5.74, 6) is 0.287. The Morgan fingerprint density at radius 1 is 1.20 bits per heavy atom. The van der Waals surface area contributed by atoms with Crippen LogP contribution in [0, 0.1) is 0 Å². The molecule has 0 aliphatic carbocycles. The molecule has 1 fully saturated rings. The van der Waals surface area contributed by atoms with E-state index in [1.165, 1.54) is 25.5 Å². The summed E-state index contributed by atoms with van der Waals surface area (Å²) >= 11 is 11.8. The van der Waals surface area contributed by atoms with Gasteiger partial charge in [0.2, 0.25) is 5.91 Å². The highest BCUT2D eigenvalue weighted by molar-refractivity contribution is 6.36. The van der Waals surface area contributed by atoms with Crippen molar-refractivity contribution in [1.29, 1.82) is 0 Å². The predicted molar refractivity (Wildman–Crippen MR) is 82.4 cm³/mol. The summed E-state index contributed by atoms with van der Waals surface area (Å²) in [5, 5.41) is 3.55. The predicted octanol–water partition coefficient (Wildman–Crippen LogP) is 3.59.